The summed E-state index contributed by atoms with van der Waals surface area (Å²) in [6, 6.07) is 10.4. The van der Waals surface area contributed by atoms with E-state index in [2.05, 4.69) is 10.3 Å². The fraction of sp³-hybridized carbons (Fsp3) is 0.250. The first-order valence-electron chi connectivity index (χ1n) is 6.72. The van der Waals surface area contributed by atoms with Crippen LogP contribution < -0.4 is 5.32 Å². The summed E-state index contributed by atoms with van der Waals surface area (Å²) in [5.41, 5.74) is 1.26. The lowest BCUT2D eigenvalue weighted by atomic mass is 10.0. The topological polar surface area (TPSA) is 51.2 Å². The molecule has 0 radical (unpaired) electrons. The van der Waals surface area contributed by atoms with Gasteiger partial charge in [-0.05, 0) is 36.8 Å². The average molecular weight is 339 g/mol. The smallest absolute Gasteiger partial charge is 0.254 e. The Labute approximate surface area is 139 Å². The van der Waals surface area contributed by atoms with Crippen LogP contribution in [0.3, 0.4) is 0 Å². The van der Waals surface area contributed by atoms with Crippen molar-refractivity contribution in [3.63, 3.8) is 0 Å². The molecular weight excluding hydrogens is 323 g/mol. The van der Waals surface area contributed by atoms with Gasteiger partial charge in [-0.2, -0.15) is 0 Å². The average Bonchev–Trinajstić information content (AvgIpc) is 2.50. The number of methoxy groups -OCH3 is 1. The van der Waals surface area contributed by atoms with E-state index in [4.69, 9.17) is 27.9 Å². The number of aromatic nitrogens is 1. The Hall–Kier alpha value is -1.62. The van der Waals surface area contributed by atoms with Gasteiger partial charge in [0.1, 0.15) is 11.3 Å². The summed E-state index contributed by atoms with van der Waals surface area (Å²) in [5.74, 6) is -0.290. The summed E-state index contributed by atoms with van der Waals surface area (Å²) in [6.45, 7) is 1.87. The fourth-order valence-corrected chi connectivity index (χ4v) is 2.53. The third-order valence-electron chi connectivity index (χ3n) is 3.27. The van der Waals surface area contributed by atoms with Gasteiger partial charge in [0.15, 0.2) is 0 Å². The molecule has 1 aromatic carbocycles. The molecule has 1 amide bonds. The van der Waals surface area contributed by atoms with Gasteiger partial charge in [-0.15, -0.1) is 0 Å². The lowest BCUT2D eigenvalue weighted by molar-refractivity contribution is 0.0645. The Bertz CT molecular complexity index is 647. The van der Waals surface area contributed by atoms with Crippen LogP contribution in [0.4, 0.5) is 0 Å². The molecule has 0 fully saturated rings. The van der Waals surface area contributed by atoms with E-state index in [1.54, 1.807) is 31.4 Å². The summed E-state index contributed by atoms with van der Waals surface area (Å²) in [6.07, 6.45) is 1.24. The third-order valence-corrected chi connectivity index (χ3v) is 3.82. The third kappa shape index (κ3) is 3.97. The number of nitrogens with one attached hydrogen (secondary N) is 1. The van der Waals surface area contributed by atoms with Crippen LogP contribution in [0.25, 0.3) is 0 Å². The van der Waals surface area contributed by atoms with E-state index in [-0.39, 0.29) is 23.2 Å². The van der Waals surface area contributed by atoms with E-state index in [0.717, 1.165) is 5.56 Å². The largest absolute Gasteiger partial charge is 0.375 e. The van der Waals surface area contributed by atoms with Crippen molar-refractivity contribution in [2.24, 2.45) is 0 Å². The first kappa shape index (κ1) is 16.7. The number of carbonyl (C=O) groups is 1. The van der Waals surface area contributed by atoms with Crippen molar-refractivity contribution in [1.29, 1.82) is 0 Å². The number of ether oxygens (including phenoxy) is 1. The second-order valence-corrected chi connectivity index (χ2v) is 5.61. The minimum Gasteiger partial charge on any atom is -0.375 e. The van der Waals surface area contributed by atoms with Crippen molar-refractivity contribution in [1.82, 2.24) is 10.3 Å². The Morgan fingerprint density at radius 1 is 1.23 bits per heavy atom. The van der Waals surface area contributed by atoms with Crippen molar-refractivity contribution in [3.05, 3.63) is 63.9 Å². The predicted molar refractivity (Wildman–Crippen MR) is 87.4 cm³/mol. The second-order valence-electron chi connectivity index (χ2n) is 4.81. The predicted octanol–water partition coefficient (Wildman–Crippen LogP) is 3.89. The van der Waals surface area contributed by atoms with Gasteiger partial charge in [0.2, 0.25) is 0 Å². The highest BCUT2D eigenvalue weighted by Gasteiger charge is 2.22. The number of amides is 1. The van der Waals surface area contributed by atoms with Gasteiger partial charge in [0, 0.05) is 18.3 Å². The van der Waals surface area contributed by atoms with Crippen LogP contribution in [0.1, 0.15) is 28.9 Å². The minimum atomic E-state index is -0.295. The number of halogens is 2. The van der Waals surface area contributed by atoms with Crippen molar-refractivity contribution in [2.45, 2.75) is 19.1 Å². The van der Waals surface area contributed by atoms with Gasteiger partial charge in [0.05, 0.1) is 11.6 Å². The first-order valence-corrected chi connectivity index (χ1v) is 7.48. The molecule has 0 unspecified atom stereocenters. The van der Waals surface area contributed by atoms with Gasteiger partial charge >= 0.3 is 0 Å². The van der Waals surface area contributed by atoms with Gasteiger partial charge in [-0.25, -0.2) is 4.98 Å². The van der Waals surface area contributed by atoms with Crippen LogP contribution in [0.15, 0.2) is 42.6 Å². The number of pyridine rings is 1. The Kier molecular flexibility index (Phi) is 5.77. The summed E-state index contributed by atoms with van der Waals surface area (Å²) < 4.78 is 5.50. The number of carbonyl (C=O) groups excluding carboxylic acids is 1. The SMILES string of the molecule is CO[C@@H](c1ccc(Cl)cc1)[C@H](C)NC(=O)c1cccnc1Cl. The second kappa shape index (κ2) is 7.58. The zero-order valence-corrected chi connectivity index (χ0v) is 13.7. The maximum absolute atomic E-state index is 12.3. The van der Waals surface area contributed by atoms with Crippen LogP contribution >= 0.6 is 23.2 Å². The van der Waals surface area contributed by atoms with E-state index in [0.29, 0.717) is 10.6 Å². The summed E-state index contributed by atoms with van der Waals surface area (Å²) >= 11 is 11.8. The molecule has 2 rings (SSSR count). The summed E-state index contributed by atoms with van der Waals surface area (Å²) in [7, 11) is 1.60. The van der Waals surface area contributed by atoms with Crippen LogP contribution in [0, 0.1) is 0 Å². The molecule has 0 saturated heterocycles. The molecule has 1 N–H and O–H groups in total. The zero-order chi connectivity index (χ0) is 16.1. The normalized spacial score (nSPS) is 13.5. The van der Waals surface area contributed by atoms with Crippen LogP contribution in [0.2, 0.25) is 10.2 Å². The molecule has 116 valence electrons. The van der Waals surface area contributed by atoms with Crippen LogP contribution in [0.5, 0.6) is 0 Å². The van der Waals surface area contributed by atoms with E-state index >= 15 is 0 Å². The van der Waals surface area contributed by atoms with Gasteiger partial charge in [0.25, 0.3) is 5.91 Å². The maximum Gasteiger partial charge on any atom is 0.254 e. The number of hydrogen-bond acceptors (Lipinski definition) is 3. The number of benzene rings is 1. The van der Waals surface area contributed by atoms with E-state index < -0.39 is 0 Å². The van der Waals surface area contributed by atoms with E-state index in [1.807, 2.05) is 19.1 Å². The highest BCUT2D eigenvalue weighted by Crippen LogP contribution is 2.23. The lowest BCUT2D eigenvalue weighted by Crippen LogP contribution is -2.38. The molecule has 4 nitrogen and oxygen atoms in total. The van der Waals surface area contributed by atoms with Gasteiger partial charge in [-0.3, -0.25) is 4.79 Å². The van der Waals surface area contributed by atoms with Crippen molar-refractivity contribution in [3.8, 4) is 0 Å². The van der Waals surface area contributed by atoms with Crippen molar-refractivity contribution < 1.29 is 9.53 Å². The molecule has 0 aliphatic rings. The molecule has 0 spiro atoms. The standard InChI is InChI=1S/C16H16Cl2N2O2/c1-10(14(22-2)11-5-7-12(17)8-6-11)20-16(21)13-4-3-9-19-15(13)18/h3-10,14H,1-2H3,(H,20,21)/t10-,14+/m0/s1. The molecule has 0 bridgehead atoms. The summed E-state index contributed by atoms with van der Waals surface area (Å²) in [5, 5.41) is 3.70. The Balaban J connectivity index is 2.12. The number of nitrogens with zero attached hydrogens (tertiary/aromatic N) is 1. The van der Waals surface area contributed by atoms with Crippen molar-refractivity contribution in [2.75, 3.05) is 7.11 Å². The molecule has 2 aromatic rings. The zero-order valence-electron chi connectivity index (χ0n) is 12.2. The monoisotopic (exact) mass is 338 g/mol. The minimum absolute atomic E-state index is 0.174. The Morgan fingerprint density at radius 3 is 2.50 bits per heavy atom. The van der Waals surface area contributed by atoms with Crippen LogP contribution in [-0.2, 0) is 4.74 Å². The van der Waals surface area contributed by atoms with E-state index in [9.17, 15) is 4.79 Å². The Morgan fingerprint density at radius 2 is 1.91 bits per heavy atom. The molecule has 1 aromatic heterocycles. The van der Waals surface area contributed by atoms with Crippen LogP contribution in [-0.4, -0.2) is 24.0 Å². The molecule has 1 heterocycles. The maximum atomic E-state index is 12.3. The molecule has 6 heteroatoms. The highest BCUT2D eigenvalue weighted by atomic mass is 35.5. The fourth-order valence-electron chi connectivity index (χ4n) is 2.20. The van der Waals surface area contributed by atoms with E-state index in [1.165, 1.54) is 6.20 Å². The van der Waals surface area contributed by atoms with Crippen molar-refractivity contribution >= 4 is 29.1 Å². The quantitative estimate of drug-likeness (QED) is 0.841. The highest BCUT2D eigenvalue weighted by molar-refractivity contribution is 6.32. The number of hydrogen-bond donors (Lipinski definition) is 1. The molecule has 0 aliphatic carbocycles. The number of rotatable bonds is 5. The first-order chi connectivity index (χ1) is 10.5. The van der Waals surface area contributed by atoms with Gasteiger partial charge < -0.3 is 10.1 Å². The molecule has 0 aliphatic heterocycles. The molecule has 0 saturated carbocycles. The lowest BCUT2D eigenvalue weighted by Gasteiger charge is -2.24. The summed E-state index contributed by atoms with van der Waals surface area (Å²) in [4.78, 5) is 16.2. The molecular formula is C16H16Cl2N2O2. The molecule has 22 heavy (non-hydrogen) atoms. The molecule has 2 atom stereocenters. The van der Waals surface area contributed by atoms with Gasteiger partial charge in [-0.1, -0.05) is 35.3 Å².